The van der Waals surface area contributed by atoms with E-state index in [1.54, 1.807) is 0 Å². The van der Waals surface area contributed by atoms with Crippen LogP contribution >= 0.6 is 0 Å². The lowest BCUT2D eigenvalue weighted by Crippen LogP contribution is -2.12. The van der Waals surface area contributed by atoms with Crippen molar-refractivity contribution >= 4 is 11.6 Å². The van der Waals surface area contributed by atoms with Crippen LogP contribution in [0.25, 0.3) is 0 Å². The Morgan fingerprint density at radius 1 is 0.690 bits per heavy atom. The van der Waals surface area contributed by atoms with E-state index in [9.17, 15) is 4.79 Å². The van der Waals surface area contributed by atoms with Gasteiger partial charge in [0.1, 0.15) is 5.75 Å². The molecule has 0 saturated carbocycles. The number of para-hydroxylation sites is 1. The van der Waals surface area contributed by atoms with Crippen molar-refractivity contribution in [3.8, 4) is 5.75 Å². The molecule has 1 amide bonds. The van der Waals surface area contributed by atoms with Crippen LogP contribution in [0.4, 0.5) is 5.69 Å². The van der Waals surface area contributed by atoms with Gasteiger partial charge in [-0.1, -0.05) is 60.7 Å². The fraction of sp³-hybridized carbons (Fsp3) is 0.269. The molecule has 0 aliphatic carbocycles. The van der Waals surface area contributed by atoms with Crippen LogP contribution in [-0.4, -0.2) is 12.5 Å². The number of ether oxygens (including phenoxy) is 1. The summed E-state index contributed by atoms with van der Waals surface area (Å²) in [6, 6.07) is 28.2. The monoisotopic (exact) mass is 387 g/mol. The Morgan fingerprint density at radius 3 is 2.07 bits per heavy atom. The topological polar surface area (TPSA) is 38.3 Å². The molecule has 0 saturated heterocycles. The third kappa shape index (κ3) is 7.82. The van der Waals surface area contributed by atoms with E-state index in [0.717, 1.165) is 42.9 Å². The first kappa shape index (κ1) is 20.7. The number of amides is 1. The normalized spacial score (nSPS) is 10.5. The Morgan fingerprint density at radius 2 is 1.34 bits per heavy atom. The minimum absolute atomic E-state index is 0.0343. The van der Waals surface area contributed by atoms with Crippen molar-refractivity contribution in [3.05, 3.63) is 96.1 Å². The number of hydrogen-bond donors (Lipinski definition) is 1. The van der Waals surface area contributed by atoms with E-state index in [0.29, 0.717) is 6.42 Å². The van der Waals surface area contributed by atoms with Crippen LogP contribution < -0.4 is 10.1 Å². The van der Waals surface area contributed by atoms with E-state index >= 15 is 0 Å². The molecule has 0 unspecified atom stereocenters. The smallest absolute Gasteiger partial charge is 0.224 e. The molecule has 0 aliphatic heterocycles. The fourth-order valence-corrected chi connectivity index (χ4v) is 3.20. The highest BCUT2D eigenvalue weighted by molar-refractivity contribution is 5.90. The molecule has 0 bridgehead atoms. The maximum atomic E-state index is 12.0. The number of unbranched alkanes of at least 4 members (excludes halogenated alkanes) is 2. The van der Waals surface area contributed by atoms with Gasteiger partial charge in [0, 0.05) is 12.1 Å². The molecule has 0 atom stereocenters. The molecule has 0 radical (unpaired) electrons. The van der Waals surface area contributed by atoms with E-state index in [1.165, 1.54) is 18.4 Å². The average molecular weight is 388 g/mol. The molecule has 29 heavy (non-hydrogen) atoms. The Balaban J connectivity index is 1.29. The van der Waals surface area contributed by atoms with E-state index in [4.69, 9.17) is 4.74 Å². The lowest BCUT2D eigenvalue weighted by atomic mass is 10.1. The molecule has 0 aromatic heterocycles. The summed E-state index contributed by atoms with van der Waals surface area (Å²) in [7, 11) is 0. The van der Waals surface area contributed by atoms with Crippen molar-refractivity contribution in [2.75, 3.05) is 11.9 Å². The molecule has 0 aliphatic rings. The van der Waals surface area contributed by atoms with E-state index in [1.807, 2.05) is 54.6 Å². The number of carbonyl (C=O) groups is 1. The maximum Gasteiger partial charge on any atom is 0.224 e. The third-order valence-corrected chi connectivity index (χ3v) is 4.84. The second-order valence-corrected chi connectivity index (χ2v) is 7.20. The second kappa shape index (κ2) is 11.7. The summed E-state index contributed by atoms with van der Waals surface area (Å²) >= 11 is 0. The summed E-state index contributed by atoms with van der Waals surface area (Å²) < 4.78 is 5.84. The van der Waals surface area contributed by atoms with E-state index < -0.39 is 0 Å². The zero-order valence-corrected chi connectivity index (χ0v) is 16.8. The van der Waals surface area contributed by atoms with Crippen LogP contribution in [0.2, 0.25) is 0 Å². The predicted octanol–water partition coefficient (Wildman–Crippen LogP) is 6.05. The predicted molar refractivity (Wildman–Crippen MR) is 119 cm³/mol. The molecule has 0 fully saturated rings. The quantitative estimate of drug-likeness (QED) is 0.407. The number of carbonyl (C=O) groups excluding carboxylic acids is 1. The van der Waals surface area contributed by atoms with Gasteiger partial charge in [0.05, 0.1) is 6.61 Å². The van der Waals surface area contributed by atoms with Gasteiger partial charge in [-0.25, -0.2) is 0 Å². The molecule has 150 valence electrons. The number of hydrogen-bond acceptors (Lipinski definition) is 2. The molecule has 0 heterocycles. The summed E-state index contributed by atoms with van der Waals surface area (Å²) in [6.07, 6.45) is 5.75. The summed E-state index contributed by atoms with van der Waals surface area (Å²) in [4.78, 5) is 12.0. The largest absolute Gasteiger partial charge is 0.494 e. The number of aryl methyl sites for hydroxylation is 2. The summed E-state index contributed by atoms with van der Waals surface area (Å²) in [6.45, 7) is 0.744. The summed E-state index contributed by atoms with van der Waals surface area (Å²) in [5.74, 6) is 0.928. The van der Waals surface area contributed by atoms with Gasteiger partial charge < -0.3 is 10.1 Å². The molecule has 3 heteroatoms. The van der Waals surface area contributed by atoms with Gasteiger partial charge >= 0.3 is 0 Å². The zero-order valence-electron chi connectivity index (χ0n) is 16.8. The molecule has 1 N–H and O–H groups in total. The molecule has 3 rings (SSSR count). The van der Waals surface area contributed by atoms with Gasteiger partial charge in [0.2, 0.25) is 5.91 Å². The highest BCUT2D eigenvalue weighted by Crippen LogP contribution is 2.15. The van der Waals surface area contributed by atoms with Crippen molar-refractivity contribution in [1.82, 2.24) is 0 Å². The van der Waals surface area contributed by atoms with Crippen molar-refractivity contribution < 1.29 is 9.53 Å². The van der Waals surface area contributed by atoms with Crippen LogP contribution in [0.3, 0.4) is 0 Å². The second-order valence-electron chi connectivity index (χ2n) is 7.20. The lowest BCUT2D eigenvalue weighted by Gasteiger charge is -2.08. The van der Waals surface area contributed by atoms with Crippen LogP contribution in [-0.2, 0) is 17.6 Å². The van der Waals surface area contributed by atoms with Gasteiger partial charge in [-0.15, -0.1) is 0 Å². The number of nitrogens with one attached hydrogen (secondary N) is 1. The van der Waals surface area contributed by atoms with Crippen LogP contribution in [0, 0.1) is 0 Å². The lowest BCUT2D eigenvalue weighted by molar-refractivity contribution is -0.116. The van der Waals surface area contributed by atoms with Crippen molar-refractivity contribution in [3.63, 3.8) is 0 Å². The Hall–Kier alpha value is -3.07. The summed E-state index contributed by atoms with van der Waals surface area (Å²) in [5, 5.41) is 2.91. The fourth-order valence-electron chi connectivity index (χ4n) is 3.20. The molecule has 0 spiro atoms. The first-order chi connectivity index (χ1) is 14.3. The highest BCUT2D eigenvalue weighted by atomic mass is 16.5. The van der Waals surface area contributed by atoms with Gasteiger partial charge in [0.15, 0.2) is 0 Å². The van der Waals surface area contributed by atoms with Crippen LogP contribution in [0.15, 0.2) is 84.9 Å². The molecule has 3 nitrogen and oxygen atoms in total. The van der Waals surface area contributed by atoms with E-state index in [2.05, 4.69) is 35.6 Å². The van der Waals surface area contributed by atoms with Gasteiger partial charge in [-0.3, -0.25) is 4.79 Å². The van der Waals surface area contributed by atoms with Gasteiger partial charge in [-0.05, 0) is 67.5 Å². The van der Waals surface area contributed by atoms with Crippen LogP contribution in [0.1, 0.15) is 36.8 Å². The molecule has 3 aromatic carbocycles. The maximum absolute atomic E-state index is 12.0. The zero-order chi connectivity index (χ0) is 20.2. The van der Waals surface area contributed by atoms with Crippen molar-refractivity contribution in [2.45, 2.75) is 38.5 Å². The standard InChI is InChI=1S/C26H29NO2/c28-26(27-24-13-7-2-8-14-24)20-17-23-15-18-25(19-16-23)29-21-9-3-6-12-22-10-4-1-5-11-22/h1-2,4-5,7-8,10-11,13-16,18-19H,3,6,9,12,17,20-21H2,(H,27,28). The highest BCUT2D eigenvalue weighted by Gasteiger charge is 2.03. The Labute approximate surface area is 173 Å². The van der Waals surface area contributed by atoms with Gasteiger partial charge in [-0.2, -0.15) is 0 Å². The molecule has 3 aromatic rings. The minimum Gasteiger partial charge on any atom is -0.494 e. The van der Waals surface area contributed by atoms with Crippen LogP contribution in [0.5, 0.6) is 5.75 Å². The number of benzene rings is 3. The van der Waals surface area contributed by atoms with Crippen molar-refractivity contribution in [1.29, 1.82) is 0 Å². The summed E-state index contributed by atoms with van der Waals surface area (Å²) in [5.41, 5.74) is 3.38. The Kier molecular flexibility index (Phi) is 8.34. The Bertz CT molecular complexity index is 845. The number of rotatable bonds is 11. The molecular weight excluding hydrogens is 358 g/mol. The molecular formula is C26H29NO2. The number of anilines is 1. The average Bonchev–Trinajstić information content (AvgIpc) is 2.77. The van der Waals surface area contributed by atoms with E-state index in [-0.39, 0.29) is 5.91 Å². The van der Waals surface area contributed by atoms with Crippen molar-refractivity contribution in [2.24, 2.45) is 0 Å². The SMILES string of the molecule is O=C(CCc1ccc(OCCCCCc2ccccc2)cc1)Nc1ccccc1. The third-order valence-electron chi connectivity index (χ3n) is 4.84. The first-order valence-electron chi connectivity index (χ1n) is 10.4. The van der Waals surface area contributed by atoms with Gasteiger partial charge in [0.25, 0.3) is 0 Å². The first-order valence-corrected chi connectivity index (χ1v) is 10.4. The minimum atomic E-state index is 0.0343.